The van der Waals surface area contributed by atoms with Crippen molar-refractivity contribution >= 4 is 17.6 Å². The summed E-state index contributed by atoms with van der Waals surface area (Å²) in [7, 11) is 0. The van der Waals surface area contributed by atoms with Gasteiger partial charge in [0.05, 0.1) is 6.04 Å². The molecule has 0 saturated carbocycles. The second kappa shape index (κ2) is 6.82. The highest BCUT2D eigenvalue weighted by molar-refractivity contribution is 5.88. The van der Waals surface area contributed by atoms with Gasteiger partial charge in [-0.3, -0.25) is 0 Å². The highest BCUT2D eigenvalue weighted by atomic mass is 15.0. The first-order valence-corrected chi connectivity index (χ1v) is 9.63. The molecule has 140 valence electrons. The number of anilines is 1. The van der Waals surface area contributed by atoms with E-state index in [1.54, 1.807) is 0 Å². The van der Waals surface area contributed by atoms with Gasteiger partial charge in [-0.1, -0.05) is 12.1 Å². The van der Waals surface area contributed by atoms with E-state index < -0.39 is 0 Å². The Morgan fingerprint density at radius 2 is 2.04 bits per heavy atom. The van der Waals surface area contributed by atoms with Gasteiger partial charge < -0.3 is 27.6 Å². The number of nitrogens with one attached hydrogen (secondary N) is 3. The molecule has 0 radical (unpaired) electrons. The van der Waals surface area contributed by atoms with Crippen molar-refractivity contribution in [2.24, 2.45) is 11.7 Å². The minimum Gasteiger partial charge on any atom is -0.398 e. The molecule has 5 heteroatoms. The molecule has 2 aliphatic carbocycles. The van der Waals surface area contributed by atoms with Gasteiger partial charge in [0.2, 0.25) is 0 Å². The Hall–Kier alpha value is -2.66. The van der Waals surface area contributed by atoms with Gasteiger partial charge in [0.25, 0.3) is 0 Å². The van der Waals surface area contributed by atoms with Gasteiger partial charge in [0.1, 0.15) is 0 Å². The molecule has 27 heavy (non-hydrogen) atoms. The maximum Gasteiger partial charge on any atom is 0.0733 e. The molecule has 1 aromatic carbocycles. The molecule has 1 aromatic rings. The summed E-state index contributed by atoms with van der Waals surface area (Å²) in [4.78, 5) is 0. The Balaban J connectivity index is 1.84. The number of rotatable bonds is 3. The van der Waals surface area contributed by atoms with Crippen molar-refractivity contribution in [3.05, 3.63) is 63.9 Å². The summed E-state index contributed by atoms with van der Waals surface area (Å²) < 4.78 is 0. The quantitative estimate of drug-likeness (QED) is 0.419. The Kier molecular flexibility index (Phi) is 4.48. The molecule has 1 heterocycles. The van der Waals surface area contributed by atoms with Crippen molar-refractivity contribution in [2.45, 2.75) is 44.7 Å². The zero-order chi connectivity index (χ0) is 19.1. The normalized spacial score (nSPS) is 27.0. The van der Waals surface area contributed by atoms with Crippen molar-refractivity contribution < 1.29 is 0 Å². The Labute approximate surface area is 160 Å². The number of dihydropyridines is 1. The van der Waals surface area contributed by atoms with E-state index in [1.807, 2.05) is 25.1 Å². The van der Waals surface area contributed by atoms with Crippen LogP contribution in [0.2, 0.25) is 0 Å². The van der Waals surface area contributed by atoms with Crippen LogP contribution in [0.25, 0.3) is 0 Å². The minimum atomic E-state index is -0.142. The lowest BCUT2D eigenvalue weighted by molar-refractivity contribution is 0.534. The van der Waals surface area contributed by atoms with Crippen LogP contribution in [0.15, 0.2) is 52.8 Å². The molecule has 0 amide bonds. The highest BCUT2D eigenvalue weighted by Crippen LogP contribution is 2.46. The maximum absolute atomic E-state index is 8.30. The molecular formula is C22H27N5. The zero-order valence-corrected chi connectivity index (χ0v) is 15.7. The van der Waals surface area contributed by atoms with E-state index in [9.17, 15) is 0 Å². The first-order valence-electron chi connectivity index (χ1n) is 9.63. The second-order valence-electron chi connectivity index (χ2n) is 7.75. The topological polar surface area (TPSA) is 112 Å². The van der Waals surface area contributed by atoms with Crippen LogP contribution in [0.4, 0.5) is 5.69 Å². The van der Waals surface area contributed by atoms with Crippen LogP contribution in [-0.2, 0) is 0 Å². The maximum atomic E-state index is 8.30. The van der Waals surface area contributed by atoms with Gasteiger partial charge in [0.15, 0.2) is 0 Å². The van der Waals surface area contributed by atoms with Crippen molar-refractivity contribution in [1.29, 1.82) is 10.8 Å². The molecule has 5 nitrogen and oxygen atoms in total. The number of allylic oxidation sites excluding steroid dienone is 2. The number of benzene rings is 1. The van der Waals surface area contributed by atoms with Crippen LogP contribution in [0.1, 0.15) is 49.8 Å². The van der Waals surface area contributed by atoms with E-state index >= 15 is 0 Å². The third-order valence-corrected chi connectivity index (χ3v) is 6.02. The van der Waals surface area contributed by atoms with Crippen molar-refractivity contribution in [1.82, 2.24) is 5.32 Å². The second-order valence-corrected chi connectivity index (χ2v) is 7.75. The van der Waals surface area contributed by atoms with Crippen molar-refractivity contribution in [3.8, 4) is 0 Å². The van der Waals surface area contributed by atoms with E-state index in [0.29, 0.717) is 11.4 Å². The first-order chi connectivity index (χ1) is 13.0. The van der Waals surface area contributed by atoms with Gasteiger partial charge in [-0.2, -0.15) is 0 Å². The third kappa shape index (κ3) is 2.92. The van der Waals surface area contributed by atoms with E-state index in [1.165, 1.54) is 35.8 Å². The van der Waals surface area contributed by atoms with E-state index in [0.717, 1.165) is 29.7 Å². The van der Waals surface area contributed by atoms with E-state index in [4.69, 9.17) is 22.3 Å². The summed E-state index contributed by atoms with van der Waals surface area (Å²) in [5.74, 6) is -0.0508. The molecule has 3 unspecified atom stereocenters. The van der Waals surface area contributed by atoms with Crippen molar-refractivity contribution in [3.63, 3.8) is 0 Å². The fourth-order valence-corrected chi connectivity index (χ4v) is 4.73. The number of nitrogens with two attached hydrogens (primary N) is 2. The lowest BCUT2D eigenvalue weighted by Crippen LogP contribution is -2.42. The summed E-state index contributed by atoms with van der Waals surface area (Å²) >= 11 is 0. The smallest absolute Gasteiger partial charge is 0.0733 e. The van der Waals surface area contributed by atoms with Crippen molar-refractivity contribution in [2.75, 3.05) is 5.73 Å². The van der Waals surface area contributed by atoms with E-state index in [-0.39, 0.29) is 18.0 Å². The molecule has 1 aliphatic heterocycles. The Morgan fingerprint density at radius 1 is 1.26 bits per heavy atom. The first kappa shape index (κ1) is 17.7. The largest absolute Gasteiger partial charge is 0.398 e. The standard InChI is InChI=1S/C22H27N5/c1-12(24)20-18(26)8-9-19-21(20)15-4-2-3-5-16(15)22(27-19)13-6-7-17(25)14(10-13)11-23/h6-11,18,20,22-24,27H,2-5,25-26H2,1H3. The van der Waals surface area contributed by atoms with Crippen LogP contribution in [0.3, 0.4) is 0 Å². The summed E-state index contributed by atoms with van der Waals surface area (Å²) in [6.45, 7) is 1.86. The molecular weight excluding hydrogens is 334 g/mol. The molecule has 0 spiro atoms. The molecule has 0 aromatic heterocycles. The monoisotopic (exact) mass is 361 g/mol. The molecule has 7 N–H and O–H groups in total. The number of hydrogen-bond donors (Lipinski definition) is 5. The molecule has 4 rings (SSSR count). The van der Waals surface area contributed by atoms with Gasteiger partial charge in [-0.25, -0.2) is 0 Å². The van der Waals surface area contributed by atoms with Gasteiger partial charge in [-0.05, 0) is 73.1 Å². The van der Waals surface area contributed by atoms with Gasteiger partial charge >= 0.3 is 0 Å². The predicted molar refractivity (Wildman–Crippen MR) is 111 cm³/mol. The zero-order valence-electron chi connectivity index (χ0n) is 15.7. The van der Waals surface area contributed by atoms with Crippen LogP contribution in [0, 0.1) is 16.7 Å². The molecule has 0 saturated heterocycles. The molecule has 3 aliphatic rings. The number of nitrogen functional groups attached to an aromatic ring is 1. The Morgan fingerprint density at radius 3 is 2.78 bits per heavy atom. The lowest BCUT2D eigenvalue weighted by atomic mass is 9.71. The lowest BCUT2D eigenvalue weighted by Gasteiger charge is -2.41. The molecule has 0 bridgehead atoms. The van der Waals surface area contributed by atoms with Crippen LogP contribution >= 0.6 is 0 Å². The number of fused-ring (bicyclic) bond motifs is 1. The summed E-state index contributed by atoms with van der Waals surface area (Å²) in [5, 5.41) is 19.6. The van der Waals surface area contributed by atoms with Crippen LogP contribution < -0.4 is 16.8 Å². The predicted octanol–water partition coefficient (Wildman–Crippen LogP) is 3.59. The van der Waals surface area contributed by atoms with Gasteiger partial charge in [-0.15, -0.1) is 0 Å². The summed E-state index contributed by atoms with van der Waals surface area (Å²) in [6.07, 6.45) is 9.86. The highest BCUT2D eigenvalue weighted by Gasteiger charge is 2.37. The molecule has 3 atom stereocenters. The summed E-state index contributed by atoms with van der Waals surface area (Å²) in [6, 6.07) is 5.91. The average molecular weight is 361 g/mol. The van der Waals surface area contributed by atoms with E-state index in [2.05, 4.69) is 17.5 Å². The van der Waals surface area contributed by atoms with Crippen LogP contribution in [-0.4, -0.2) is 18.0 Å². The Bertz CT molecular complexity index is 905. The van der Waals surface area contributed by atoms with Gasteiger partial charge in [0, 0.05) is 40.8 Å². The minimum absolute atomic E-state index is 0.0508. The fourth-order valence-electron chi connectivity index (χ4n) is 4.73. The molecule has 0 fully saturated rings. The average Bonchev–Trinajstić information content (AvgIpc) is 2.67. The SMILES string of the molecule is CC(=N)C1C2=C(C=CC1N)NC(c1ccc(N)c(C=N)c1)C1=C2CCCC1. The number of hydrogen-bond acceptors (Lipinski definition) is 5. The fraction of sp³-hybridized carbons (Fsp3) is 0.364. The van der Waals surface area contributed by atoms with Crippen LogP contribution in [0.5, 0.6) is 0 Å². The third-order valence-electron chi connectivity index (χ3n) is 6.02. The summed E-state index contributed by atoms with van der Waals surface area (Å²) in [5.41, 5.74) is 20.6.